The maximum Gasteiger partial charge on any atom is 0.131 e. The molecular weight excluding hydrogens is 244 g/mol. The molecule has 5 heteroatoms. The Labute approximate surface area is 103 Å². The molecule has 1 aliphatic heterocycles. The van der Waals surface area contributed by atoms with Crippen molar-refractivity contribution in [3.63, 3.8) is 0 Å². The first-order chi connectivity index (χ1) is 7.70. The first-order valence-electron chi connectivity index (χ1n) is 5.32. The van der Waals surface area contributed by atoms with Crippen molar-refractivity contribution in [2.45, 2.75) is 12.8 Å². The van der Waals surface area contributed by atoms with Crippen LogP contribution in [-0.4, -0.2) is 33.8 Å². The second kappa shape index (κ2) is 5.15. The molecule has 0 aromatic carbocycles. The summed E-state index contributed by atoms with van der Waals surface area (Å²) in [5, 5.41) is 0. The molecule has 2 heterocycles. The van der Waals surface area contributed by atoms with Crippen LogP contribution in [-0.2, 0) is 16.7 Å². The van der Waals surface area contributed by atoms with Crippen molar-refractivity contribution in [2.24, 2.45) is 0 Å². The number of nitrogens with zero attached hydrogens (tertiary/aromatic N) is 2. The molecule has 0 N–H and O–H groups in total. The second-order valence-electron chi connectivity index (χ2n) is 3.95. The third-order valence-electron chi connectivity index (χ3n) is 2.74. The van der Waals surface area contributed by atoms with E-state index in [4.69, 9.17) is 11.6 Å². The van der Waals surface area contributed by atoms with Crippen molar-refractivity contribution >= 4 is 28.2 Å². The van der Waals surface area contributed by atoms with E-state index in [2.05, 4.69) is 16.0 Å². The number of hydrogen-bond donors (Lipinski definition) is 0. The molecule has 1 saturated heterocycles. The molecule has 88 valence electrons. The SMILES string of the molecule is Cc1cc(CCl)cnc1N1CCS(=O)CC1. The summed E-state index contributed by atoms with van der Waals surface area (Å²) in [5.74, 6) is 3.00. The van der Waals surface area contributed by atoms with Gasteiger partial charge in [0.2, 0.25) is 0 Å². The van der Waals surface area contributed by atoms with E-state index in [-0.39, 0.29) is 0 Å². The number of aryl methyl sites for hydroxylation is 1. The Morgan fingerprint density at radius 2 is 2.19 bits per heavy atom. The van der Waals surface area contributed by atoms with Crippen LogP contribution in [0.3, 0.4) is 0 Å². The highest BCUT2D eigenvalue weighted by Gasteiger charge is 2.17. The summed E-state index contributed by atoms with van der Waals surface area (Å²) in [5.41, 5.74) is 2.19. The lowest BCUT2D eigenvalue weighted by Crippen LogP contribution is -2.38. The van der Waals surface area contributed by atoms with E-state index in [0.717, 1.165) is 41.5 Å². The zero-order valence-electron chi connectivity index (χ0n) is 9.28. The van der Waals surface area contributed by atoms with Gasteiger partial charge in [0, 0.05) is 47.5 Å². The molecule has 0 aliphatic carbocycles. The van der Waals surface area contributed by atoms with Gasteiger partial charge >= 0.3 is 0 Å². The molecule has 1 aromatic rings. The molecule has 2 rings (SSSR count). The van der Waals surface area contributed by atoms with Gasteiger partial charge in [-0.3, -0.25) is 4.21 Å². The summed E-state index contributed by atoms with van der Waals surface area (Å²) in [6.07, 6.45) is 1.82. The zero-order chi connectivity index (χ0) is 11.5. The summed E-state index contributed by atoms with van der Waals surface area (Å²) in [4.78, 5) is 6.64. The van der Waals surface area contributed by atoms with Gasteiger partial charge in [-0.15, -0.1) is 11.6 Å². The Morgan fingerprint density at radius 1 is 1.50 bits per heavy atom. The van der Waals surface area contributed by atoms with Gasteiger partial charge < -0.3 is 4.90 Å². The number of pyridine rings is 1. The standard InChI is InChI=1S/C11H15ClN2OS/c1-9-6-10(7-12)8-13-11(9)14-2-4-16(15)5-3-14/h6,8H,2-5,7H2,1H3. The highest BCUT2D eigenvalue weighted by atomic mass is 35.5. The van der Waals surface area contributed by atoms with Crippen molar-refractivity contribution in [3.05, 3.63) is 23.4 Å². The van der Waals surface area contributed by atoms with Gasteiger partial charge in [0.15, 0.2) is 0 Å². The van der Waals surface area contributed by atoms with Gasteiger partial charge in [0.25, 0.3) is 0 Å². The van der Waals surface area contributed by atoms with Crippen LogP contribution in [0.25, 0.3) is 0 Å². The Balaban J connectivity index is 2.17. The fraction of sp³-hybridized carbons (Fsp3) is 0.545. The smallest absolute Gasteiger partial charge is 0.131 e. The van der Waals surface area contributed by atoms with Crippen LogP contribution in [0.1, 0.15) is 11.1 Å². The second-order valence-corrected chi connectivity index (χ2v) is 5.92. The van der Waals surface area contributed by atoms with Crippen LogP contribution in [0.4, 0.5) is 5.82 Å². The Bertz CT molecular complexity index is 401. The molecular formula is C11H15ClN2OS. The largest absolute Gasteiger partial charge is 0.355 e. The molecule has 0 unspecified atom stereocenters. The van der Waals surface area contributed by atoms with Gasteiger partial charge in [-0.1, -0.05) is 0 Å². The quantitative estimate of drug-likeness (QED) is 0.757. The van der Waals surface area contributed by atoms with E-state index >= 15 is 0 Å². The van der Waals surface area contributed by atoms with Gasteiger partial charge in [-0.2, -0.15) is 0 Å². The molecule has 0 saturated carbocycles. The van der Waals surface area contributed by atoms with Crippen molar-refractivity contribution in [1.29, 1.82) is 0 Å². The summed E-state index contributed by atoms with van der Waals surface area (Å²) < 4.78 is 11.3. The molecule has 0 spiro atoms. The highest BCUT2D eigenvalue weighted by Crippen LogP contribution is 2.20. The van der Waals surface area contributed by atoms with Crippen molar-refractivity contribution < 1.29 is 4.21 Å². The summed E-state index contributed by atoms with van der Waals surface area (Å²) in [6, 6.07) is 2.07. The summed E-state index contributed by atoms with van der Waals surface area (Å²) in [6.45, 7) is 3.71. The lowest BCUT2D eigenvalue weighted by atomic mass is 10.2. The fourth-order valence-electron chi connectivity index (χ4n) is 1.88. The fourth-order valence-corrected chi connectivity index (χ4v) is 3.08. The van der Waals surface area contributed by atoms with E-state index in [1.807, 2.05) is 13.1 Å². The molecule has 0 atom stereocenters. The third kappa shape index (κ3) is 2.55. The van der Waals surface area contributed by atoms with Crippen LogP contribution in [0.5, 0.6) is 0 Å². The zero-order valence-corrected chi connectivity index (χ0v) is 10.9. The average Bonchev–Trinajstić information content (AvgIpc) is 2.30. The van der Waals surface area contributed by atoms with E-state index in [9.17, 15) is 4.21 Å². The summed E-state index contributed by atoms with van der Waals surface area (Å²) in [7, 11) is -0.638. The number of anilines is 1. The lowest BCUT2D eigenvalue weighted by Gasteiger charge is -2.28. The van der Waals surface area contributed by atoms with Crippen LogP contribution < -0.4 is 4.90 Å². The first-order valence-corrected chi connectivity index (χ1v) is 7.34. The molecule has 3 nitrogen and oxygen atoms in total. The topological polar surface area (TPSA) is 33.2 Å². The highest BCUT2D eigenvalue weighted by molar-refractivity contribution is 7.85. The summed E-state index contributed by atoms with van der Waals surface area (Å²) >= 11 is 5.76. The van der Waals surface area contributed by atoms with E-state index in [1.54, 1.807) is 0 Å². The van der Waals surface area contributed by atoms with Gasteiger partial charge in [0.05, 0.1) is 0 Å². The van der Waals surface area contributed by atoms with Crippen molar-refractivity contribution in [2.75, 3.05) is 29.5 Å². The molecule has 1 aromatic heterocycles. The Hall–Kier alpha value is -0.610. The normalized spacial score (nSPS) is 17.8. The van der Waals surface area contributed by atoms with Crippen LogP contribution in [0.2, 0.25) is 0 Å². The predicted octanol–water partition coefficient (Wildman–Crippen LogP) is 1.70. The molecule has 0 amide bonds. The molecule has 0 bridgehead atoms. The number of rotatable bonds is 2. The average molecular weight is 259 g/mol. The van der Waals surface area contributed by atoms with E-state index < -0.39 is 10.8 Å². The lowest BCUT2D eigenvalue weighted by molar-refractivity contribution is 0.672. The van der Waals surface area contributed by atoms with Gasteiger partial charge in [-0.25, -0.2) is 4.98 Å². The van der Waals surface area contributed by atoms with E-state index in [1.165, 1.54) is 0 Å². The number of alkyl halides is 1. The maximum atomic E-state index is 11.3. The third-order valence-corrected chi connectivity index (χ3v) is 4.32. The van der Waals surface area contributed by atoms with Gasteiger partial charge in [-0.05, 0) is 24.1 Å². The minimum Gasteiger partial charge on any atom is -0.355 e. The number of hydrogen-bond acceptors (Lipinski definition) is 3. The number of aromatic nitrogens is 1. The Morgan fingerprint density at radius 3 is 2.75 bits per heavy atom. The minimum absolute atomic E-state index is 0.498. The maximum absolute atomic E-state index is 11.3. The van der Waals surface area contributed by atoms with Crippen LogP contribution >= 0.6 is 11.6 Å². The molecule has 0 radical (unpaired) electrons. The van der Waals surface area contributed by atoms with E-state index in [0.29, 0.717) is 5.88 Å². The van der Waals surface area contributed by atoms with Crippen molar-refractivity contribution in [3.8, 4) is 0 Å². The van der Waals surface area contributed by atoms with Crippen LogP contribution in [0.15, 0.2) is 12.3 Å². The first kappa shape index (κ1) is 11.9. The molecule has 1 fully saturated rings. The van der Waals surface area contributed by atoms with Crippen LogP contribution in [0, 0.1) is 6.92 Å². The predicted molar refractivity (Wildman–Crippen MR) is 68.6 cm³/mol. The van der Waals surface area contributed by atoms with Gasteiger partial charge in [0.1, 0.15) is 5.82 Å². The minimum atomic E-state index is -0.638. The van der Waals surface area contributed by atoms with Crippen molar-refractivity contribution in [1.82, 2.24) is 4.98 Å². The Kier molecular flexibility index (Phi) is 3.82. The number of halogens is 1. The monoisotopic (exact) mass is 258 g/mol. The molecule has 16 heavy (non-hydrogen) atoms. The molecule has 1 aliphatic rings.